The molecule has 4 aromatic rings. The number of carboxylic acids is 1. The van der Waals surface area contributed by atoms with Crippen LogP contribution in [-0.4, -0.2) is 38.0 Å². The molecule has 6 rings (SSSR count). The number of nitrogen functional groups attached to an aromatic ring is 1. The van der Waals surface area contributed by atoms with Crippen molar-refractivity contribution >= 4 is 39.7 Å². The summed E-state index contributed by atoms with van der Waals surface area (Å²) in [4.78, 5) is 15.9. The van der Waals surface area contributed by atoms with Crippen LogP contribution >= 0.6 is 0 Å². The number of benzene rings is 2. The van der Waals surface area contributed by atoms with E-state index >= 15 is 0 Å². The van der Waals surface area contributed by atoms with Crippen molar-refractivity contribution in [3.05, 3.63) is 36.0 Å². The first-order valence-electron chi connectivity index (χ1n) is 10.3. The van der Waals surface area contributed by atoms with Gasteiger partial charge in [0.2, 0.25) is 0 Å². The maximum atomic E-state index is 11.7. The van der Waals surface area contributed by atoms with Crippen molar-refractivity contribution in [3.8, 4) is 11.4 Å². The van der Waals surface area contributed by atoms with Crippen LogP contribution in [0.5, 0.6) is 5.75 Å². The number of nitrogens with one attached hydrogen (secondary N) is 1. The molecule has 2 aromatic carbocycles. The molecule has 31 heavy (non-hydrogen) atoms. The molecule has 1 aliphatic heterocycles. The Bertz CT molecular complexity index is 1350. The predicted octanol–water partition coefficient (Wildman–Crippen LogP) is 3.35. The van der Waals surface area contributed by atoms with Crippen LogP contribution in [0.2, 0.25) is 0 Å². The van der Waals surface area contributed by atoms with Gasteiger partial charge in [0.15, 0.2) is 5.58 Å². The largest absolute Gasteiger partial charge is 0.489 e. The third-order valence-corrected chi connectivity index (χ3v) is 5.96. The molecule has 1 aliphatic carbocycles. The quantitative estimate of drug-likeness (QED) is 0.449. The second kappa shape index (κ2) is 6.37. The highest BCUT2D eigenvalue weighted by atomic mass is 16.5. The summed E-state index contributed by atoms with van der Waals surface area (Å²) in [6, 6.07) is 8.94. The van der Waals surface area contributed by atoms with Gasteiger partial charge in [-0.2, -0.15) is 10.1 Å². The van der Waals surface area contributed by atoms with Crippen LogP contribution in [-0.2, 0) is 11.2 Å². The highest BCUT2D eigenvalue weighted by Gasteiger charge is 2.36. The summed E-state index contributed by atoms with van der Waals surface area (Å²) >= 11 is 0. The van der Waals surface area contributed by atoms with E-state index in [1.807, 2.05) is 41.9 Å². The van der Waals surface area contributed by atoms with Gasteiger partial charge in [0.1, 0.15) is 23.4 Å². The number of carbonyl (C=O) groups is 1. The topological polar surface area (TPSA) is 128 Å². The number of rotatable bonds is 5. The van der Waals surface area contributed by atoms with Crippen molar-refractivity contribution in [2.75, 3.05) is 11.1 Å². The van der Waals surface area contributed by atoms with E-state index in [9.17, 15) is 9.90 Å². The standard InChI is InChI=1S/C22H21N5O4/c1-10-6-16-19-15(26-27(16)13-4-5-17-14(9-13)25-22(23)31-17)7-12(8-18(19)30-10)24-20(21(28)29)11-2-3-11/h4-5,7-11,20,24H,2-3,6H2,1H3,(H2,23,25)(H,28,29)/t10-,20+/m1/s1. The maximum Gasteiger partial charge on any atom is 0.326 e. The van der Waals surface area contributed by atoms with Crippen LogP contribution < -0.4 is 15.8 Å². The lowest BCUT2D eigenvalue weighted by atomic mass is 10.0. The minimum absolute atomic E-state index is 0.0356. The zero-order valence-electron chi connectivity index (χ0n) is 16.8. The molecule has 2 aliphatic rings. The summed E-state index contributed by atoms with van der Waals surface area (Å²) in [6.45, 7) is 2.01. The maximum absolute atomic E-state index is 11.7. The Morgan fingerprint density at radius 3 is 2.90 bits per heavy atom. The molecule has 1 saturated carbocycles. The Morgan fingerprint density at radius 1 is 1.29 bits per heavy atom. The van der Waals surface area contributed by atoms with Crippen LogP contribution in [0.3, 0.4) is 0 Å². The predicted molar refractivity (Wildman–Crippen MR) is 115 cm³/mol. The van der Waals surface area contributed by atoms with Crippen LogP contribution in [0.4, 0.5) is 11.7 Å². The lowest BCUT2D eigenvalue weighted by Gasteiger charge is -2.23. The molecule has 4 N–H and O–H groups in total. The van der Waals surface area contributed by atoms with Crippen LogP contribution in [0.1, 0.15) is 25.5 Å². The van der Waals surface area contributed by atoms with Gasteiger partial charge in [-0.25, -0.2) is 9.48 Å². The van der Waals surface area contributed by atoms with Crippen LogP contribution in [0.15, 0.2) is 34.7 Å². The molecule has 0 unspecified atom stereocenters. The van der Waals surface area contributed by atoms with Gasteiger partial charge >= 0.3 is 5.97 Å². The normalized spacial score (nSPS) is 18.8. The Hall–Kier alpha value is -3.75. The van der Waals surface area contributed by atoms with Gasteiger partial charge in [-0.1, -0.05) is 0 Å². The third kappa shape index (κ3) is 2.96. The van der Waals surface area contributed by atoms with E-state index in [1.54, 1.807) is 0 Å². The van der Waals surface area contributed by atoms with Gasteiger partial charge < -0.3 is 25.3 Å². The molecule has 3 heterocycles. The molecule has 0 saturated heterocycles. The van der Waals surface area contributed by atoms with Crippen LogP contribution in [0.25, 0.3) is 27.7 Å². The number of hydrogen-bond acceptors (Lipinski definition) is 7. The summed E-state index contributed by atoms with van der Waals surface area (Å²) in [5.74, 6) is 0.0442. The van der Waals surface area contributed by atoms with Gasteiger partial charge in [-0.3, -0.25) is 0 Å². The monoisotopic (exact) mass is 419 g/mol. The number of ether oxygens (including phenoxy) is 1. The SMILES string of the molecule is C[C@@H]1Cc2c3c(cc(N[C@H](C(=O)O)C4CC4)cc3nn2-c2ccc3oc(N)nc3c2)O1. The van der Waals surface area contributed by atoms with E-state index in [0.29, 0.717) is 29.0 Å². The molecule has 0 spiro atoms. The fourth-order valence-electron chi connectivity index (χ4n) is 4.41. The van der Waals surface area contributed by atoms with Crippen molar-refractivity contribution in [2.24, 2.45) is 5.92 Å². The second-order valence-corrected chi connectivity index (χ2v) is 8.36. The van der Waals surface area contributed by atoms with E-state index in [1.165, 1.54) is 0 Å². The Morgan fingerprint density at radius 2 is 2.13 bits per heavy atom. The fraction of sp³-hybridized carbons (Fsp3) is 0.318. The van der Waals surface area contributed by atoms with Crippen molar-refractivity contribution in [2.45, 2.75) is 38.3 Å². The Kier molecular flexibility index (Phi) is 3.71. The summed E-state index contributed by atoms with van der Waals surface area (Å²) < 4.78 is 13.4. The first-order valence-corrected chi connectivity index (χ1v) is 10.3. The third-order valence-electron chi connectivity index (χ3n) is 5.96. The van der Waals surface area contributed by atoms with Crippen molar-refractivity contribution in [1.29, 1.82) is 0 Å². The molecule has 0 amide bonds. The summed E-state index contributed by atoms with van der Waals surface area (Å²) in [7, 11) is 0. The first-order chi connectivity index (χ1) is 15.0. The zero-order valence-corrected chi connectivity index (χ0v) is 16.8. The molecule has 0 bridgehead atoms. The van der Waals surface area contributed by atoms with E-state index in [0.717, 1.165) is 35.1 Å². The molecule has 9 heteroatoms. The second-order valence-electron chi connectivity index (χ2n) is 8.36. The minimum Gasteiger partial charge on any atom is -0.489 e. The minimum atomic E-state index is -0.836. The average Bonchev–Trinajstić information content (AvgIpc) is 3.39. The highest BCUT2D eigenvalue weighted by molar-refractivity contribution is 5.93. The van der Waals surface area contributed by atoms with Gasteiger partial charge in [0, 0.05) is 18.2 Å². The molecule has 9 nitrogen and oxygen atoms in total. The van der Waals surface area contributed by atoms with Gasteiger partial charge in [0.05, 0.1) is 22.3 Å². The Balaban J connectivity index is 1.48. The first kappa shape index (κ1) is 18.1. The average molecular weight is 419 g/mol. The highest BCUT2D eigenvalue weighted by Crippen LogP contribution is 2.40. The number of carboxylic acid groups (broad SMARTS) is 1. The number of hydrogen-bond donors (Lipinski definition) is 3. The molecular formula is C22H21N5O4. The number of anilines is 2. The van der Waals surface area contributed by atoms with Crippen molar-refractivity contribution in [3.63, 3.8) is 0 Å². The molecule has 2 atom stereocenters. The number of oxazole rings is 1. The van der Waals surface area contributed by atoms with E-state index in [4.69, 9.17) is 20.0 Å². The van der Waals surface area contributed by atoms with Crippen molar-refractivity contribution < 1.29 is 19.1 Å². The molecule has 1 fully saturated rings. The summed E-state index contributed by atoms with van der Waals surface area (Å²) in [6.07, 6.45) is 2.53. The lowest BCUT2D eigenvalue weighted by molar-refractivity contribution is -0.138. The zero-order chi connectivity index (χ0) is 21.3. The summed E-state index contributed by atoms with van der Waals surface area (Å²) in [5.41, 5.74) is 10.3. The number of nitrogens with zero attached hydrogens (tertiary/aromatic N) is 3. The Labute approximate surface area is 176 Å². The van der Waals surface area contributed by atoms with Gasteiger partial charge in [-0.05, 0) is 49.9 Å². The summed E-state index contributed by atoms with van der Waals surface area (Å²) in [5, 5.41) is 18.5. The molecule has 158 valence electrons. The lowest BCUT2D eigenvalue weighted by Crippen LogP contribution is -2.31. The van der Waals surface area contributed by atoms with Crippen LogP contribution in [0, 0.1) is 5.92 Å². The van der Waals surface area contributed by atoms with Gasteiger partial charge in [0.25, 0.3) is 6.01 Å². The number of aliphatic carboxylic acids is 1. The fourth-order valence-corrected chi connectivity index (χ4v) is 4.41. The van der Waals surface area contributed by atoms with E-state index in [2.05, 4.69) is 10.3 Å². The smallest absolute Gasteiger partial charge is 0.326 e. The van der Waals surface area contributed by atoms with Gasteiger partial charge in [-0.15, -0.1) is 0 Å². The number of aromatic nitrogens is 3. The number of nitrogens with two attached hydrogens (primary N) is 1. The number of fused-ring (bicyclic) bond motifs is 1. The van der Waals surface area contributed by atoms with E-state index in [-0.39, 0.29) is 18.0 Å². The molecular weight excluding hydrogens is 398 g/mol. The molecule has 2 aromatic heterocycles. The molecule has 0 radical (unpaired) electrons. The van der Waals surface area contributed by atoms with E-state index < -0.39 is 12.0 Å². The van der Waals surface area contributed by atoms with Crippen molar-refractivity contribution in [1.82, 2.24) is 14.8 Å².